The van der Waals surface area contributed by atoms with Crippen molar-refractivity contribution in [2.24, 2.45) is 0 Å². The van der Waals surface area contributed by atoms with Gasteiger partial charge in [0.05, 0.1) is 0 Å². The third-order valence-electron chi connectivity index (χ3n) is 8.06. The summed E-state index contributed by atoms with van der Waals surface area (Å²) >= 11 is 0. The van der Waals surface area contributed by atoms with Crippen LogP contribution in [0.25, 0.3) is 43.8 Å². The predicted octanol–water partition coefficient (Wildman–Crippen LogP) is 8.91. The summed E-state index contributed by atoms with van der Waals surface area (Å²) in [5.41, 5.74) is 14.7. The van der Waals surface area contributed by atoms with Crippen LogP contribution in [-0.4, -0.2) is 0 Å². The quantitative estimate of drug-likeness (QED) is 0.264. The van der Waals surface area contributed by atoms with Crippen LogP contribution in [0.2, 0.25) is 0 Å². The maximum Gasteiger partial charge on any atom is -0.00583 e. The second kappa shape index (κ2) is 7.59. The van der Waals surface area contributed by atoms with Crippen LogP contribution >= 0.6 is 0 Å². The fourth-order valence-electron chi connectivity index (χ4n) is 6.11. The minimum Gasteiger partial charge on any atom is -0.0616 e. The van der Waals surface area contributed by atoms with Gasteiger partial charge in [0, 0.05) is 0 Å². The van der Waals surface area contributed by atoms with Gasteiger partial charge >= 0.3 is 0 Å². The zero-order valence-corrected chi connectivity index (χ0v) is 20.0. The first kappa shape index (κ1) is 20.2. The average Bonchev–Trinajstić information content (AvgIpc) is 2.87. The molecule has 0 atom stereocenters. The van der Waals surface area contributed by atoms with Crippen molar-refractivity contribution in [2.45, 2.75) is 47.0 Å². The third kappa shape index (κ3) is 2.90. The molecule has 0 radical (unpaired) electrons. The van der Waals surface area contributed by atoms with Gasteiger partial charge in [-0.05, 0) is 117 Å². The van der Waals surface area contributed by atoms with Crippen LogP contribution < -0.4 is 0 Å². The molecule has 1 aliphatic carbocycles. The summed E-state index contributed by atoms with van der Waals surface area (Å²) in [6.45, 7) is 9.30. The topological polar surface area (TPSA) is 0 Å². The molecular formula is C33H30. The van der Waals surface area contributed by atoms with Crippen LogP contribution in [0.5, 0.6) is 0 Å². The second-order valence-corrected chi connectivity index (χ2v) is 9.60. The average molecular weight is 427 g/mol. The lowest BCUT2D eigenvalue weighted by Gasteiger charge is -2.30. The molecule has 33 heavy (non-hydrogen) atoms. The molecule has 0 heterocycles. The number of benzene rings is 5. The first-order chi connectivity index (χ1) is 16.1. The van der Waals surface area contributed by atoms with Crippen molar-refractivity contribution in [3.8, 4) is 22.3 Å². The smallest absolute Gasteiger partial charge is 0.00583 e. The first-order valence-corrected chi connectivity index (χ1v) is 12.2. The van der Waals surface area contributed by atoms with Gasteiger partial charge in [0.2, 0.25) is 0 Å². The molecule has 5 aromatic rings. The van der Waals surface area contributed by atoms with E-state index in [1.54, 1.807) is 5.56 Å². The highest BCUT2D eigenvalue weighted by Gasteiger charge is 2.28. The Labute approximate surface area is 196 Å². The van der Waals surface area contributed by atoms with Crippen LogP contribution in [0.1, 0.15) is 40.3 Å². The van der Waals surface area contributed by atoms with Gasteiger partial charge in [-0.25, -0.2) is 0 Å². The Morgan fingerprint density at radius 2 is 1.18 bits per heavy atom. The summed E-state index contributed by atoms with van der Waals surface area (Å²) in [4.78, 5) is 0. The Bertz CT molecular complexity index is 1570. The van der Waals surface area contributed by atoms with Crippen molar-refractivity contribution in [3.05, 3.63) is 106 Å². The summed E-state index contributed by atoms with van der Waals surface area (Å²) in [5, 5.41) is 5.42. The molecule has 0 amide bonds. The third-order valence-corrected chi connectivity index (χ3v) is 8.06. The summed E-state index contributed by atoms with van der Waals surface area (Å²) in [5.74, 6) is 0. The molecule has 0 unspecified atom stereocenters. The highest BCUT2D eigenvalue weighted by molar-refractivity contribution is 6.09. The number of hydrogen-bond acceptors (Lipinski definition) is 0. The minimum absolute atomic E-state index is 1.03. The SMILES string of the molecule is CCc1ccc2ccccc2c1-c1c(C)c(C)c(C)c2c1-c1c(ccc3ccccc13)CC2. The van der Waals surface area contributed by atoms with Crippen LogP contribution in [-0.2, 0) is 19.3 Å². The molecule has 0 N–H and O–H groups in total. The molecule has 0 saturated carbocycles. The zero-order valence-electron chi connectivity index (χ0n) is 20.0. The molecule has 0 aliphatic heterocycles. The Morgan fingerprint density at radius 1 is 0.545 bits per heavy atom. The summed E-state index contributed by atoms with van der Waals surface area (Å²) < 4.78 is 0. The molecule has 0 aromatic heterocycles. The number of aryl methyl sites for hydroxylation is 2. The number of rotatable bonds is 2. The lowest BCUT2D eigenvalue weighted by Crippen LogP contribution is -2.11. The highest BCUT2D eigenvalue weighted by Crippen LogP contribution is 2.49. The van der Waals surface area contributed by atoms with Crippen molar-refractivity contribution < 1.29 is 0 Å². The van der Waals surface area contributed by atoms with Crippen molar-refractivity contribution in [2.75, 3.05) is 0 Å². The summed E-state index contributed by atoms with van der Waals surface area (Å²) in [7, 11) is 0. The van der Waals surface area contributed by atoms with E-state index in [4.69, 9.17) is 0 Å². The Balaban J connectivity index is 1.85. The van der Waals surface area contributed by atoms with E-state index < -0.39 is 0 Å². The highest BCUT2D eigenvalue weighted by atomic mass is 14.3. The van der Waals surface area contributed by atoms with Crippen molar-refractivity contribution in [3.63, 3.8) is 0 Å². The Kier molecular flexibility index (Phi) is 4.66. The van der Waals surface area contributed by atoms with E-state index in [1.165, 1.54) is 71.6 Å². The number of fused-ring (bicyclic) bond motifs is 6. The van der Waals surface area contributed by atoms with E-state index in [0.29, 0.717) is 0 Å². The van der Waals surface area contributed by atoms with Gasteiger partial charge < -0.3 is 0 Å². The van der Waals surface area contributed by atoms with Gasteiger partial charge in [-0.2, -0.15) is 0 Å². The Hall–Kier alpha value is -3.38. The van der Waals surface area contributed by atoms with Crippen molar-refractivity contribution in [1.29, 1.82) is 0 Å². The second-order valence-electron chi connectivity index (χ2n) is 9.60. The van der Waals surface area contributed by atoms with Gasteiger partial charge in [-0.1, -0.05) is 79.7 Å². The molecule has 0 nitrogen and oxygen atoms in total. The monoisotopic (exact) mass is 426 g/mol. The van der Waals surface area contributed by atoms with Crippen LogP contribution in [0.3, 0.4) is 0 Å². The van der Waals surface area contributed by atoms with E-state index in [1.807, 2.05) is 0 Å². The molecule has 0 fully saturated rings. The lowest BCUT2D eigenvalue weighted by atomic mass is 9.73. The normalized spacial score (nSPS) is 12.7. The molecule has 1 aliphatic rings. The number of hydrogen-bond donors (Lipinski definition) is 0. The first-order valence-electron chi connectivity index (χ1n) is 12.2. The molecule has 0 spiro atoms. The van der Waals surface area contributed by atoms with Gasteiger partial charge in [-0.15, -0.1) is 0 Å². The van der Waals surface area contributed by atoms with Gasteiger partial charge in [0.25, 0.3) is 0 Å². The molecule has 162 valence electrons. The zero-order chi connectivity index (χ0) is 22.7. The fraction of sp³-hybridized carbons (Fsp3) is 0.212. The van der Waals surface area contributed by atoms with E-state index in [9.17, 15) is 0 Å². The lowest BCUT2D eigenvalue weighted by molar-refractivity contribution is 0.928. The molecule has 0 heteroatoms. The van der Waals surface area contributed by atoms with Crippen LogP contribution in [0.4, 0.5) is 0 Å². The maximum absolute atomic E-state index is 2.37. The molecule has 0 bridgehead atoms. The van der Waals surface area contributed by atoms with Gasteiger partial charge in [0.1, 0.15) is 0 Å². The predicted molar refractivity (Wildman–Crippen MR) is 143 cm³/mol. The van der Waals surface area contributed by atoms with E-state index >= 15 is 0 Å². The summed E-state index contributed by atoms with van der Waals surface area (Å²) in [6.07, 6.45) is 3.27. The molecule has 5 aromatic carbocycles. The standard InChI is InChI=1S/C33H30/c1-5-23-14-15-24-10-6-8-12-28(24)31(23)30-22(4)20(2)21(3)27-19-18-26-17-16-25-11-7-9-13-29(25)32(26)33(27)30/h6-17H,5,18-19H2,1-4H3. The van der Waals surface area contributed by atoms with Crippen molar-refractivity contribution >= 4 is 21.5 Å². The van der Waals surface area contributed by atoms with E-state index in [-0.39, 0.29) is 0 Å². The molecule has 6 rings (SSSR count). The van der Waals surface area contributed by atoms with E-state index in [2.05, 4.69) is 100 Å². The van der Waals surface area contributed by atoms with Crippen LogP contribution in [0, 0.1) is 20.8 Å². The van der Waals surface area contributed by atoms with Crippen LogP contribution in [0.15, 0.2) is 72.8 Å². The molecular weight excluding hydrogens is 396 g/mol. The largest absolute Gasteiger partial charge is 0.0616 e. The Morgan fingerprint density at radius 3 is 1.88 bits per heavy atom. The molecule has 0 saturated heterocycles. The van der Waals surface area contributed by atoms with E-state index in [0.717, 1.165) is 19.3 Å². The fourth-order valence-corrected chi connectivity index (χ4v) is 6.11. The summed E-state index contributed by atoms with van der Waals surface area (Å²) in [6, 6.07) is 27.2. The maximum atomic E-state index is 2.37. The van der Waals surface area contributed by atoms with Gasteiger partial charge in [0.15, 0.2) is 0 Å². The van der Waals surface area contributed by atoms with Gasteiger partial charge in [-0.3, -0.25) is 0 Å². The minimum atomic E-state index is 1.03. The van der Waals surface area contributed by atoms with Crippen molar-refractivity contribution in [1.82, 2.24) is 0 Å².